The molecule has 0 saturated carbocycles. The Labute approximate surface area is 172 Å². The fourth-order valence-corrected chi connectivity index (χ4v) is 3.21. The summed E-state index contributed by atoms with van der Waals surface area (Å²) in [4.78, 5) is 28.2. The summed E-state index contributed by atoms with van der Waals surface area (Å²) in [6.07, 6.45) is 2.35. The van der Waals surface area contributed by atoms with Crippen molar-refractivity contribution < 1.29 is 9.90 Å². The first kappa shape index (κ1) is 22.6. The van der Waals surface area contributed by atoms with Gasteiger partial charge in [-0.2, -0.15) is 0 Å². The third kappa shape index (κ3) is 5.64. The maximum absolute atomic E-state index is 12.0. The van der Waals surface area contributed by atoms with Crippen molar-refractivity contribution in [2.24, 2.45) is 18.0 Å². The van der Waals surface area contributed by atoms with Crippen molar-refractivity contribution >= 4 is 17.4 Å². The standard InChI is InChI=1S/C23H31N3O3/c1-7-19(23(28)29)24-12-17-9-8-15(4)20(11-17)25-21(14(2)3)18-10-16(5)22(27)26(6)13-18/h8-11,13-14,19,24H,7,12H2,1-6H3,(H,28,29)/t19-/m0/s1. The number of nitrogens with one attached hydrogen (secondary N) is 1. The maximum atomic E-state index is 12.0. The minimum atomic E-state index is -0.843. The molecule has 6 heteroatoms. The Morgan fingerprint density at radius 3 is 2.45 bits per heavy atom. The Hall–Kier alpha value is -2.73. The zero-order valence-corrected chi connectivity index (χ0v) is 18.1. The van der Waals surface area contributed by atoms with E-state index >= 15 is 0 Å². The molecule has 2 N–H and O–H groups in total. The fraction of sp³-hybridized carbons (Fsp3) is 0.435. The number of carbonyl (C=O) groups is 1. The first-order valence-corrected chi connectivity index (χ1v) is 9.96. The summed E-state index contributed by atoms with van der Waals surface area (Å²) in [6, 6.07) is 7.31. The van der Waals surface area contributed by atoms with Gasteiger partial charge in [-0.1, -0.05) is 32.9 Å². The fourth-order valence-electron chi connectivity index (χ4n) is 3.21. The van der Waals surface area contributed by atoms with Gasteiger partial charge in [-0.15, -0.1) is 0 Å². The summed E-state index contributed by atoms with van der Waals surface area (Å²) in [5.41, 5.74) is 5.39. The Balaban J connectivity index is 2.41. The lowest BCUT2D eigenvalue weighted by molar-refractivity contribution is -0.139. The van der Waals surface area contributed by atoms with Gasteiger partial charge in [0, 0.05) is 30.9 Å². The average Bonchev–Trinajstić information content (AvgIpc) is 2.65. The number of aromatic nitrogens is 1. The van der Waals surface area contributed by atoms with E-state index in [1.54, 1.807) is 11.6 Å². The number of benzene rings is 1. The van der Waals surface area contributed by atoms with Gasteiger partial charge in [-0.25, -0.2) is 0 Å². The van der Waals surface area contributed by atoms with Crippen molar-refractivity contribution in [1.82, 2.24) is 9.88 Å². The van der Waals surface area contributed by atoms with Gasteiger partial charge in [0.1, 0.15) is 6.04 Å². The van der Waals surface area contributed by atoms with E-state index in [-0.39, 0.29) is 11.5 Å². The molecule has 156 valence electrons. The summed E-state index contributed by atoms with van der Waals surface area (Å²) in [7, 11) is 1.75. The second-order valence-corrected chi connectivity index (χ2v) is 7.78. The van der Waals surface area contributed by atoms with Gasteiger partial charge in [0.05, 0.1) is 11.4 Å². The number of rotatable bonds is 8. The molecule has 0 unspecified atom stereocenters. The van der Waals surface area contributed by atoms with Crippen LogP contribution in [-0.2, 0) is 18.4 Å². The molecule has 1 atom stereocenters. The van der Waals surface area contributed by atoms with Crippen LogP contribution in [-0.4, -0.2) is 27.4 Å². The molecular formula is C23H31N3O3. The monoisotopic (exact) mass is 397 g/mol. The molecule has 0 spiro atoms. The van der Waals surface area contributed by atoms with E-state index < -0.39 is 12.0 Å². The lowest BCUT2D eigenvalue weighted by Crippen LogP contribution is -2.35. The molecule has 2 rings (SSSR count). The quantitative estimate of drug-likeness (QED) is 0.665. The van der Waals surface area contributed by atoms with Crippen molar-refractivity contribution in [1.29, 1.82) is 0 Å². The number of carboxylic acids is 1. The van der Waals surface area contributed by atoms with Gasteiger partial charge in [0.15, 0.2) is 0 Å². The van der Waals surface area contributed by atoms with Crippen molar-refractivity contribution in [2.75, 3.05) is 0 Å². The Bertz CT molecular complexity index is 948. The van der Waals surface area contributed by atoms with Crippen LogP contribution in [0.25, 0.3) is 0 Å². The third-order valence-corrected chi connectivity index (χ3v) is 4.98. The molecule has 6 nitrogen and oxygen atoms in total. The normalized spacial score (nSPS) is 13.0. The number of carboxylic acid groups (broad SMARTS) is 1. The number of hydrogen-bond acceptors (Lipinski definition) is 4. The second kappa shape index (κ2) is 9.65. The summed E-state index contributed by atoms with van der Waals surface area (Å²) >= 11 is 0. The summed E-state index contributed by atoms with van der Waals surface area (Å²) in [5.74, 6) is -0.672. The van der Waals surface area contributed by atoms with Gasteiger partial charge in [-0.05, 0) is 49.4 Å². The van der Waals surface area contributed by atoms with Gasteiger partial charge in [0.2, 0.25) is 0 Å². The molecular weight excluding hydrogens is 366 g/mol. The van der Waals surface area contributed by atoms with Crippen LogP contribution in [0.2, 0.25) is 0 Å². The number of hydrogen-bond donors (Lipinski definition) is 2. The topological polar surface area (TPSA) is 83.7 Å². The highest BCUT2D eigenvalue weighted by Gasteiger charge is 2.15. The Morgan fingerprint density at radius 1 is 1.21 bits per heavy atom. The first-order chi connectivity index (χ1) is 13.6. The smallest absolute Gasteiger partial charge is 0.320 e. The molecule has 0 bridgehead atoms. The van der Waals surface area contributed by atoms with Crippen LogP contribution >= 0.6 is 0 Å². The largest absolute Gasteiger partial charge is 0.480 e. The first-order valence-electron chi connectivity index (χ1n) is 9.96. The van der Waals surface area contributed by atoms with E-state index in [0.717, 1.165) is 28.1 Å². The highest BCUT2D eigenvalue weighted by atomic mass is 16.4. The van der Waals surface area contributed by atoms with E-state index in [0.29, 0.717) is 18.5 Å². The van der Waals surface area contributed by atoms with Crippen molar-refractivity contribution in [3.63, 3.8) is 0 Å². The second-order valence-electron chi connectivity index (χ2n) is 7.78. The molecule has 1 heterocycles. The van der Waals surface area contributed by atoms with Crippen LogP contribution in [0, 0.1) is 19.8 Å². The van der Waals surface area contributed by atoms with Gasteiger partial charge >= 0.3 is 5.97 Å². The van der Waals surface area contributed by atoms with Crippen LogP contribution in [0.5, 0.6) is 0 Å². The van der Waals surface area contributed by atoms with Crippen molar-refractivity contribution in [2.45, 2.75) is 53.6 Å². The van der Waals surface area contributed by atoms with Crippen LogP contribution < -0.4 is 10.9 Å². The molecule has 0 aliphatic carbocycles. The number of aryl methyl sites for hydroxylation is 3. The third-order valence-electron chi connectivity index (χ3n) is 4.98. The molecule has 0 saturated heterocycles. The van der Waals surface area contributed by atoms with Gasteiger partial charge < -0.3 is 15.0 Å². The molecule has 1 aromatic carbocycles. The highest BCUT2D eigenvalue weighted by molar-refractivity contribution is 6.03. The number of nitrogens with zero attached hydrogens (tertiary/aromatic N) is 2. The van der Waals surface area contributed by atoms with Gasteiger partial charge in [0.25, 0.3) is 5.56 Å². The van der Waals surface area contributed by atoms with Crippen LogP contribution in [0.15, 0.2) is 40.2 Å². The van der Waals surface area contributed by atoms with E-state index in [4.69, 9.17) is 4.99 Å². The summed E-state index contributed by atoms with van der Waals surface area (Å²) in [5, 5.41) is 12.3. The van der Waals surface area contributed by atoms with Crippen LogP contribution in [0.1, 0.15) is 49.4 Å². The Kier molecular flexibility index (Phi) is 7.51. The van der Waals surface area contributed by atoms with E-state index in [1.807, 2.05) is 51.2 Å². The van der Waals surface area contributed by atoms with E-state index in [1.165, 1.54) is 0 Å². The summed E-state index contributed by atoms with van der Waals surface area (Å²) in [6.45, 7) is 10.3. The minimum absolute atomic E-state index is 0.00924. The molecule has 0 radical (unpaired) electrons. The predicted octanol–water partition coefficient (Wildman–Crippen LogP) is 3.73. The lowest BCUT2D eigenvalue weighted by Gasteiger charge is -2.15. The van der Waals surface area contributed by atoms with Crippen LogP contribution in [0.4, 0.5) is 5.69 Å². The zero-order chi connectivity index (χ0) is 21.7. The average molecular weight is 398 g/mol. The number of aliphatic imine (C=N–C) groups is 1. The predicted molar refractivity (Wildman–Crippen MR) is 117 cm³/mol. The highest BCUT2D eigenvalue weighted by Crippen LogP contribution is 2.24. The Morgan fingerprint density at radius 2 is 1.90 bits per heavy atom. The molecule has 2 aromatic rings. The van der Waals surface area contributed by atoms with E-state index in [9.17, 15) is 14.7 Å². The minimum Gasteiger partial charge on any atom is -0.480 e. The maximum Gasteiger partial charge on any atom is 0.320 e. The molecule has 1 aromatic heterocycles. The zero-order valence-electron chi connectivity index (χ0n) is 18.1. The van der Waals surface area contributed by atoms with E-state index in [2.05, 4.69) is 19.2 Å². The SMILES string of the molecule is CC[C@H](NCc1ccc(C)c(N=C(c2cc(C)c(=O)n(C)c2)C(C)C)c1)C(=O)O. The van der Waals surface area contributed by atoms with Crippen molar-refractivity contribution in [3.8, 4) is 0 Å². The molecule has 0 fully saturated rings. The molecule has 0 aliphatic heterocycles. The number of aliphatic carboxylic acids is 1. The van der Waals surface area contributed by atoms with Crippen LogP contribution in [0.3, 0.4) is 0 Å². The van der Waals surface area contributed by atoms with Crippen molar-refractivity contribution in [3.05, 3.63) is 63.1 Å². The molecule has 29 heavy (non-hydrogen) atoms. The number of pyridine rings is 1. The van der Waals surface area contributed by atoms with Gasteiger partial charge in [-0.3, -0.25) is 14.6 Å². The summed E-state index contributed by atoms with van der Waals surface area (Å²) < 4.78 is 1.59. The molecule has 0 aliphatic rings. The molecule has 0 amide bonds. The lowest BCUT2D eigenvalue weighted by atomic mass is 9.99.